The summed E-state index contributed by atoms with van der Waals surface area (Å²) in [5.41, 5.74) is 17.6. The van der Waals surface area contributed by atoms with Crippen LogP contribution in [0.4, 0.5) is 5.69 Å². The first-order valence-corrected chi connectivity index (χ1v) is 10.6. The van der Waals surface area contributed by atoms with E-state index in [1.54, 1.807) is 0 Å². The van der Waals surface area contributed by atoms with Crippen molar-refractivity contribution in [3.05, 3.63) is 119 Å². The lowest BCUT2D eigenvalue weighted by molar-refractivity contribution is 0.897. The van der Waals surface area contributed by atoms with Crippen LogP contribution >= 0.6 is 0 Å². The molecule has 31 heavy (non-hydrogen) atoms. The smallest absolute Gasteiger partial charge is 0.0391 e. The van der Waals surface area contributed by atoms with Crippen LogP contribution in [0.3, 0.4) is 0 Å². The second-order valence-corrected chi connectivity index (χ2v) is 7.76. The number of hydrogen-bond acceptors (Lipinski definition) is 2. The predicted octanol–water partition coefficient (Wildman–Crippen LogP) is 7.62. The number of allylic oxidation sites excluding steroid dienone is 10. The average Bonchev–Trinajstić information content (AvgIpc) is 2.77. The third-order valence-electron chi connectivity index (χ3n) is 5.27. The molecule has 1 aromatic carbocycles. The molecule has 1 aromatic rings. The summed E-state index contributed by atoms with van der Waals surface area (Å²) in [7, 11) is 0. The Hall–Kier alpha value is -3.48. The lowest BCUT2D eigenvalue weighted by atomic mass is 9.92. The van der Waals surface area contributed by atoms with Gasteiger partial charge < -0.3 is 11.1 Å². The number of hydrogen-bond donors (Lipinski definition) is 2. The van der Waals surface area contributed by atoms with Gasteiger partial charge in [0, 0.05) is 23.7 Å². The summed E-state index contributed by atoms with van der Waals surface area (Å²) in [6, 6.07) is 4.36. The van der Waals surface area contributed by atoms with Gasteiger partial charge in [-0.15, -0.1) is 5.73 Å². The highest BCUT2D eigenvalue weighted by molar-refractivity contribution is 5.80. The van der Waals surface area contributed by atoms with Crippen molar-refractivity contribution in [2.45, 2.75) is 34.1 Å². The normalized spacial score (nSPS) is 16.4. The van der Waals surface area contributed by atoms with Crippen molar-refractivity contribution in [1.82, 2.24) is 0 Å². The van der Waals surface area contributed by atoms with E-state index in [0.29, 0.717) is 12.1 Å². The molecule has 0 saturated heterocycles. The second-order valence-electron chi connectivity index (χ2n) is 7.76. The molecule has 2 nitrogen and oxygen atoms in total. The van der Waals surface area contributed by atoms with Crippen LogP contribution in [0.5, 0.6) is 0 Å². The molecule has 2 heteroatoms. The third kappa shape index (κ3) is 7.06. The number of fused-ring (bicyclic) bond motifs is 2. The van der Waals surface area contributed by atoms with E-state index >= 15 is 0 Å². The number of rotatable bonds is 8. The largest absolute Gasteiger partial charge is 0.402 e. The molecule has 0 amide bonds. The lowest BCUT2D eigenvalue weighted by Crippen LogP contribution is -1.97. The van der Waals surface area contributed by atoms with Crippen molar-refractivity contribution in [2.75, 3.05) is 5.32 Å². The molecular weight excluding hydrogens is 376 g/mol. The summed E-state index contributed by atoms with van der Waals surface area (Å²) in [6.45, 7) is 16.4. The van der Waals surface area contributed by atoms with Gasteiger partial charge >= 0.3 is 0 Å². The van der Waals surface area contributed by atoms with Crippen LogP contribution in [0, 0.1) is 12.8 Å². The van der Waals surface area contributed by atoms with Gasteiger partial charge in [0.25, 0.3) is 0 Å². The lowest BCUT2D eigenvalue weighted by Gasteiger charge is -2.15. The molecule has 0 aromatic heterocycles. The fourth-order valence-corrected chi connectivity index (χ4v) is 3.22. The van der Waals surface area contributed by atoms with E-state index in [1.807, 2.05) is 31.4 Å². The molecule has 2 bridgehead atoms. The zero-order valence-corrected chi connectivity index (χ0v) is 19.2. The fraction of sp³-hybridized carbons (Fsp3) is 0.207. The molecule has 3 N–H and O–H groups in total. The summed E-state index contributed by atoms with van der Waals surface area (Å²) in [5, 5.41) is 3.37. The SMILES string of the molecule is C=C(N)C/C=C\Nc1cc2c(C)c(c1)/C(C)=C(/C=C\C(=C)C(C)C=C=CC)C=CC=C2. The molecule has 1 unspecified atom stereocenters. The minimum absolute atomic E-state index is 0.242. The first-order chi connectivity index (χ1) is 14.8. The molecule has 0 radical (unpaired) electrons. The Labute approximate surface area is 188 Å². The zero-order chi connectivity index (χ0) is 22.8. The van der Waals surface area contributed by atoms with E-state index in [9.17, 15) is 0 Å². The molecular formula is C29H34N2. The van der Waals surface area contributed by atoms with Crippen LogP contribution in [0.15, 0.2) is 103 Å². The summed E-state index contributed by atoms with van der Waals surface area (Å²) >= 11 is 0. The molecule has 1 aliphatic rings. The summed E-state index contributed by atoms with van der Waals surface area (Å²) in [4.78, 5) is 0. The Balaban J connectivity index is 2.41. The molecule has 1 aliphatic carbocycles. The second kappa shape index (κ2) is 11.6. The van der Waals surface area contributed by atoms with Crippen molar-refractivity contribution in [2.24, 2.45) is 11.7 Å². The van der Waals surface area contributed by atoms with Crippen LogP contribution in [0.2, 0.25) is 0 Å². The van der Waals surface area contributed by atoms with E-state index in [1.165, 1.54) is 22.3 Å². The average molecular weight is 411 g/mol. The monoisotopic (exact) mass is 410 g/mol. The van der Waals surface area contributed by atoms with Crippen LogP contribution in [-0.4, -0.2) is 0 Å². The van der Waals surface area contributed by atoms with Gasteiger partial charge in [-0.25, -0.2) is 0 Å². The van der Waals surface area contributed by atoms with Gasteiger partial charge in [-0.05, 0) is 84.7 Å². The first-order valence-electron chi connectivity index (χ1n) is 10.6. The third-order valence-corrected chi connectivity index (χ3v) is 5.27. The Bertz CT molecular complexity index is 1050. The molecule has 0 saturated carbocycles. The molecule has 2 rings (SSSR count). The molecule has 0 heterocycles. The van der Waals surface area contributed by atoms with Crippen molar-refractivity contribution >= 4 is 17.3 Å². The first kappa shape index (κ1) is 23.8. The van der Waals surface area contributed by atoms with Crippen LogP contribution < -0.4 is 11.1 Å². The minimum Gasteiger partial charge on any atom is -0.402 e. The Morgan fingerprint density at radius 3 is 2.65 bits per heavy atom. The topological polar surface area (TPSA) is 38.0 Å². The maximum Gasteiger partial charge on any atom is 0.0391 e. The van der Waals surface area contributed by atoms with Gasteiger partial charge in [-0.1, -0.05) is 62.6 Å². The van der Waals surface area contributed by atoms with Crippen molar-refractivity contribution in [3.8, 4) is 0 Å². The fourth-order valence-electron chi connectivity index (χ4n) is 3.22. The van der Waals surface area contributed by atoms with Crippen LogP contribution in [0.1, 0.15) is 43.9 Å². The van der Waals surface area contributed by atoms with E-state index in [0.717, 1.165) is 16.8 Å². The van der Waals surface area contributed by atoms with Gasteiger partial charge in [-0.2, -0.15) is 0 Å². The van der Waals surface area contributed by atoms with Gasteiger partial charge in [0.05, 0.1) is 0 Å². The minimum atomic E-state index is 0.242. The van der Waals surface area contributed by atoms with Crippen molar-refractivity contribution < 1.29 is 0 Å². The number of benzene rings is 1. The van der Waals surface area contributed by atoms with E-state index < -0.39 is 0 Å². The molecule has 0 fully saturated rings. The Kier molecular flexibility index (Phi) is 8.94. The predicted molar refractivity (Wildman–Crippen MR) is 138 cm³/mol. The molecule has 0 aliphatic heterocycles. The summed E-state index contributed by atoms with van der Waals surface area (Å²) in [6.07, 6.45) is 21.2. The highest BCUT2D eigenvalue weighted by Crippen LogP contribution is 2.31. The number of anilines is 1. The maximum atomic E-state index is 5.64. The number of nitrogens with two attached hydrogens (primary N) is 1. The van der Waals surface area contributed by atoms with E-state index in [-0.39, 0.29) is 5.92 Å². The van der Waals surface area contributed by atoms with Gasteiger partial charge in [0.2, 0.25) is 0 Å². The summed E-state index contributed by atoms with van der Waals surface area (Å²) in [5.74, 6) is 0.242. The van der Waals surface area contributed by atoms with E-state index in [2.05, 4.69) is 93.6 Å². The van der Waals surface area contributed by atoms with E-state index in [4.69, 9.17) is 5.73 Å². The van der Waals surface area contributed by atoms with Crippen molar-refractivity contribution in [3.63, 3.8) is 0 Å². The molecule has 160 valence electrons. The van der Waals surface area contributed by atoms with Crippen LogP contribution in [0.25, 0.3) is 11.6 Å². The maximum absolute atomic E-state index is 5.64. The van der Waals surface area contributed by atoms with Gasteiger partial charge in [0.1, 0.15) is 0 Å². The zero-order valence-electron chi connectivity index (χ0n) is 19.2. The van der Waals surface area contributed by atoms with Crippen molar-refractivity contribution in [1.29, 1.82) is 0 Å². The summed E-state index contributed by atoms with van der Waals surface area (Å²) < 4.78 is 0. The van der Waals surface area contributed by atoms with Gasteiger partial charge in [-0.3, -0.25) is 0 Å². The standard InChI is InChI=1S/C29H34N2/c1-7-8-12-21(2)22(3)16-17-26-14-9-10-15-27-19-28(31-18-11-13-23(4)30)20-29(24(26)5)25(27)6/h7,9-12,14-21,31H,3-4,13,30H2,1-2,5-6H3/b14-9?,15-10?,17-16-,18-11-,26-24+. The van der Waals surface area contributed by atoms with Gasteiger partial charge in [0.15, 0.2) is 0 Å². The Morgan fingerprint density at radius 2 is 1.94 bits per heavy atom. The molecule has 1 atom stereocenters. The highest BCUT2D eigenvalue weighted by atomic mass is 14.8. The quantitative estimate of drug-likeness (QED) is 0.342. The molecule has 0 spiro atoms. The number of nitrogens with one attached hydrogen (secondary N) is 1. The highest BCUT2D eigenvalue weighted by Gasteiger charge is 2.10. The van der Waals surface area contributed by atoms with Crippen LogP contribution in [-0.2, 0) is 0 Å². The Morgan fingerprint density at radius 1 is 1.19 bits per heavy atom.